The van der Waals surface area contributed by atoms with Crippen LogP contribution in [0.2, 0.25) is 0 Å². The van der Waals surface area contributed by atoms with Crippen molar-refractivity contribution in [3.8, 4) is 5.75 Å². The third kappa shape index (κ3) is 5.57. The van der Waals surface area contributed by atoms with Crippen LogP contribution in [0.25, 0.3) is 0 Å². The van der Waals surface area contributed by atoms with Gasteiger partial charge >= 0.3 is 0 Å². The van der Waals surface area contributed by atoms with E-state index in [1.807, 2.05) is 0 Å². The van der Waals surface area contributed by atoms with Gasteiger partial charge in [-0.15, -0.1) is 0 Å². The summed E-state index contributed by atoms with van der Waals surface area (Å²) in [4.78, 5) is 0. The lowest BCUT2D eigenvalue weighted by molar-refractivity contribution is 0.0597. The highest BCUT2D eigenvalue weighted by Gasteiger charge is 2.13. The Kier molecular flexibility index (Phi) is 6.25. The lowest BCUT2D eigenvalue weighted by Crippen LogP contribution is -2.26. The van der Waals surface area contributed by atoms with Gasteiger partial charge in [0.15, 0.2) is 0 Å². The number of benzene rings is 1. The molecule has 2 N–H and O–H groups in total. The van der Waals surface area contributed by atoms with Crippen molar-refractivity contribution in [3.05, 3.63) is 29.6 Å². The zero-order valence-electron chi connectivity index (χ0n) is 12.1. The molecule has 2 unspecified atom stereocenters. The van der Waals surface area contributed by atoms with Gasteiger partial charge in [-0.1, -0.05) is 13.8 Å². The summed E-state index contributed by atoms with van der Waals surface area (Å²) in [6.07, 6.45) is -0.893. The highest BCUT2D eigenvalue weighted by Crippen LogP contribution is 2.21. The molecule has 0 aliphatic heterocycles. The van der Waals surface area contributed by atoms with E-state index >= 15 is 0 Å². The zero-order chi connectivity index (χ0) is 14.4. The van der Waals surface area contributed by atoms with Gasteiger partial charge in [0.2, 0.25) is 0 Å². The second-order valence-corrected chi connectivity index (χ2v) is 5.34. The van der Waals surface area contributed by atoms with Crippen molar-refractivity contribution >= 4 is 0 Å². The van der Waals surface area contributed by atoms with E-state index in [1.54, 1.807) is 19.9 Å². The molecule has 1 aromatic carbocycles. The first kappa shape index (κ1) is 15.9. The molecule has 0 aliphatic rings. The molecule has 3 nitrogen and oxygen atoms in total. The first-order valence-corrected chi connectivity index (χ1v) is 6.74. The maximum atomic E-state index is 13.3. The van der Waals surface area contributed by atoms with Crippen LogP contribution >= 0.6 is 0 Å². The Morgan fingerprint density at radius 2 is 1.95 bits per heavy atom. The maximum Gasteiger partial charge on any atom is 0.124 e. The summed E-state index contributed by atoms with van der Waals surface area (Å²) in [5.41, 5.74) is 0.771. The average Bonchev–Trinajstić information content (AvgIpc) is 2.31. The standard InChI is InChI=1S/C15H24FNO2/c1-10(2)8-17-9-13-7-14(16)5-6-15(13)19-12(4)11(3)18/h5-7,10-12,17-18H,8-9H2,1-4H3. The second-order valence-electron chi connectivity index (χ2n) is 5.34. The summed E-state index contributed by atoms with van der Waals surface area (Å²) in [6, 6.07) is 4.45. The molecule has 108 valence electrons. The number of ether oxygens (including phenoxy) is 1. The van der Waals surface area contributed by atoms with Gasteiger partial charge in [-0.25, -0.2) is 4.39 Å². The predicted molar refractivity (Wildman–Crippen MR) is 74.7 cm³/mol. The fraction of sp³-hybridized carbons (Fsp3) is 0.600. The van der Waals surface area contributed by atoms with Crippen molar-refractivity contribution in [2.75, 3.05) is 6.54 Å². The molecule has 1 aromatic rings. The van der Waals surface area contributed by atoms with E-state index < -0.39 is 6.10 Å². The highest BCUT2D eigenvalue weighted by molar-refractivity contribution is 5.34. The molecule has 0 aliphatic carbocycles. The normalized spacial score (nSPS) is 14.5. The number of nitrogens with one attached hydrogen (secondary N) is 1. The summed E-state index contributed by atoms with van der Waals surface area (Å²) in [6.45, 7) is 9.11. The van der Waals surface area contributed by atoms with Crippen molar-refractivity contribution in [3.63, 3.8) is 0 Å². The van der Waals surface area contributed by atoms with Gasteiger partial charge in [0.1, 0.15) is 17.7 Å². The van der Waals surface area contributed by atoms with Gasteiger partial charge in [0.25, 0.3) is 0 Å². The zero-order valence-corrected chi connectivity index (χ0v) is 12.1. The van der Waals surface area contributed by atoms with Crippen LogP contribution in [0.15, 0.2) is 18.2 Å². The van der Waals surface area contributed by atoms with Gasteiger partial charge in [-0.3, -0.25) is 0 Å². The molecule has 0 radical (unpaired) electrons. The second kappa shape index (κ2) is 7.46. The van der Waals surface area contributed by atoms with Gasteiger partial charge in [0.05, 0.1) is 6.10 Å². The molecule has 0 aromatic heterocycles. The van der Waals surface area contributed by atoms with Crippen LogP contribution < -0.4 is 10.1 Å². The van der Waals surface area contributed by atoms with Crippen molar-refractivity contribution in [1.82, 2.24) is 5.32 Å². The van der Waals surface area contributed by atoms with Gasteiger partial charge in [-0.05, 0) is 44.5 Å². The van der Waals surface area contributed by atoms with Crippen LogP contribution in [-0.4, -0.2) is 23.9 Å². The Hall–Kier alpha value is -1.13. The summed E-state index contributed by atoms with van der Waals surface area (Å²) < 4.78 is 19.0. The fourth-order valence-electron chi connectivity index (χ4n) is 1.60. The van der Waals surface area contributed by atoms with E-state index in [9.17, 15) is 9.50 Å². The van der Waals surface area contributed by atoms with Crippen LogP contribution in [0.1, 0.15) is 33.3 Å². The molecule has 0 fully saturated rings. The minimum Gasteiger partial charge on any atom is -0.488 e. The lowest BCUT2D eigenvalue weighted by Gasteiger charge is -2.20. The summed E-state index contributed by atoms with van der Waals surface area (Å²) in [5, 5.41) is 12.7. The minimum atomic E-state index is -0.568. The molecule has 4 heteroatoms. The topological polar surface area (TPSA) is 41.5 Å². The Labute approximate surface area is 114 Å². The number of hydrogen-bond acceptors (Lipinski definition) is 3. The Morgan fingerprint density at radius 1 is 1.26 bits per heavy atom. The van der Waals surface area contributed by atoms with Gasteiger partial charge in [0, 0.05) is 12.1 Å². The molecule has 0 heterocycles. The van der Waals surface area contributed by atoms with Crippen LogP contribution in [0.3, 0.4) is 0 Å². The molecule has 0 spiro atoms. The quantitative estimate of drug-likeness (QED) is 0.799. The Morgan fingerprint density at radius 3 is 2.53 bits per heavy atom. The molecular formula is C15H24FNO2. The minimum absolute atomic E-state index is 0.279. The number of hydrogen-bond donors (Lipinski definition) is 2. The molecule has 0 saturated carbocycles. The Bertz CT molecular complexity index is 394. The lowest BCUT2D eigenvalue weighted by atomic mass is 10.1. The third-order valence-corrected chi connectivity index (χ3v) is 2.88. The molecule has 0 bridgehead atoms. The first-order valence-electron chi connectivity index (χ1n) is 6.74. The number of halogens is 1. The molecule has 1 rings (SSSR count). The Balaban J connectivity index is 2.73. The van der Waals surface area contributed by atoms with Gasteiger partial charge < -0.3 is 15.2 Å². The largest absolute Gasteiger partial charge is 0.488 e. The summed E-state index contributed by atoms with van der Waals surface area (Å²) in [5.74, 6) is 0.874. The van der Waals surface area contributed by atoms with E-state index in [0.717, 1.165) is 12.1 Å². The molecular weight excluding hydrogens is 245 g/mol. The van der Waals surface area contributed by atoms with E-state index in [-0.39, 0.29) is 11.9 Å². The molecule has 0 saturated heterocycles. The van der Waals surface area contributed by atoms with Crippen molar-refractivity contribution in [2.24, 2.45) is 5.92 Å². The number of aliphatic hydroxyl groups is 1. The van der Waals surface area contributed by atoms with Crippen molar-refractivity contribution in [1.29, 1.82) is 0 Å². The maximum absolute atomic E-state index is 13.3. The molecule has 0 amide bonds. The van der Waals surface area contributed by atoms with Gasteiger partial charge in [-0.2, -0.15) is 0 Å². The SMILES string of the molecule is CC(C)CNCc1cc(F)ccc1OC(C)C(C)O. The fourth-order valence-corrected chi connectivity index (χ4v) is 1.60. The van der Waals surface area contributed by atoms with E-state index in [0.29, 0.717) is 18.2 Å². The van der Waals surface area contributed by atoms with Crippen LogP contribution in [0.4, 0.5) is 4.39 Å². The van der Waals surface area contributed by atoms with Crippen molar-refractivity contribution in [2.45, 2.75) is 46.4 Å². The first-order chi connectivity index (χ1) is 8.90. The number of rotatable bonds is 7. The number of aliphatic hydroxyl groups excluding tert-OH is 1. The summed E-state index contributed by atoms with van der Waals surface area (Å²) >= 11 is 0. The van der Waals surface area contributed by atoms with Crippen LogP contribution in [0, 0.1) is 11.7 Å². The monoisotopic (exact) mass is 269 g/mol. The average molecular weight is 269 g/mol. The third-order valence-electron chi connectivity index (χ3n) is 2.88. The van der Waals surface area contributed by atoms with E-state index in [2.05, 4.69) is 19.2 Å². The van der Waals surface area contributed by atoms with Crippen molar-refractivity contribution < 1.29 is 14.2 Å². The summed E-state index contributed by atoms with van der Waals surface area (Å²) in [7, 11) is 0. The smallest absolute Gasteiger partial charge is 0.124 e. The highest BCUT2D eigenvalue weighted by atomic mass is 19.1. The van der Waals surface area contributed by atoms with E-state index in [4.69, 9.17) is 4.74 Å². The molecule has 2 atom stereocenters. The predicted octanol–water partition coefficient (Wildman–Crippen LogP) is 2.72. The van der Waals surface area contributed by atoms with Crippen LogP contribution in [0.5, 0.6) is 5.75 Å². The van der Waals surface area contributed by atoms with Crippen LogP contribution in [-0.2, 0) is 6.54 Å². The molecule has 19 heavy (non-hydrogen) atoms. The van der Waals surface area contributed by atoms with E-state index in [1.165, 1.54) is 12.1 Å².